The maximum atomic E-state index is 7.57. The molecule has 0 aliphatic heterocycles. The first kappa shape index (κ1) is 97.8. The average Bonchev–Trinajstić information content (AvgIpc) is 0.773. The molecule has 0 heterocycles. The molecule has 0 saturated heterocycles. The predicted molar refractivity (Wildman–Crippen MR) is 535 cm³/mol. The molecule has 0 radical (unpaired) electrons. The van der Waals surface area contributed by atoms with Crippen LogP contribution in [-0.2, 0) is 0 Å². The van der Waals surface area contributed by atoms with E-state index < -0.39 is 81.5 Å². The van der Waals surface area contributed by atoms with Crippen molar-refractivity contribution in [2.45, 2.75) is 540 Å². The van der Waals surface area contributed by atoms with E-state index in [0.717, 1.165) is 103 Å². The first-order valence-electron chi connectivity index (χ1n) is 55.7. The van der Waals surface area contributed by atoms with Crippen LogP contribution in [0.4, 0.5) is 0 Å². The fourth-order valence-electron chi connectivity index (χ4n) is 12.8. The van der Waals surface area contributed by atoms with Crippen LogP contribution in [0.2, 0.25) is 0 Å². The van der Waals surface area contributed by atoms with E-state index in [1.165, 1.54) is 57.8 Å². The lowest BCUT2D eigenvalue weighted by Crippen LogP contribution is -2.08. The molecule has 0 aromatic heterocycles. The third kappa shape index (κ3) is 306. The second kappa shape index (κ2) is 95.1. The SMILES string of the molecule is C.CC(C)CC(C)(C)C.CC(C)CC(C)(C)C.CC(C)CC(C)(C)C.CC(C)CC(C)C.CC(C)CC(C)C.CC(C)CC(C)C.CC(C)CC(C)C.CC(C)CC(C)C.CC(C)CC(C)C.[2H]C(C)(C)C([2H])([2H])C(C)C.[2H]C([2H])(C(C)C)C(C)C.[2H]C([2H])(C(C)C)C(C)C.[2H]C([2H])(C(C)C)C(C)C.[2H]C([2H])([2H])C([2H])(C)C([2H])([2H])C(C)C.[2H]C([2H])([2H])C([2H])(C)C([2H])([2H])C(C)C. The molecule has 0 heteroatoms. The zero-order valence-electron chi connectivity index (χ0n) is 109. The summed E-state index contributed by atoms with van der Waals surface area (Å²) in [6, 6.07) is 0. The maximum Gasteiger partial charge on any atom is 0.0297 e. The Kier molecular flexibility index (Phi) is 85.4. The van der Waals surface area contributed by atoms with Crippen molar-refractivity contribution in [2.24, 2.45) is 176 Å². The summed E-state index contributed by atoms with van der Waals surface area (Å²) in [4.78, 5) is 0. The van der Waals surface area contributed by atoms with Gasteiger partial charge in [-0.15, -0.1) is 0 Å². The number of hydrogen-bond donors (Lipinski definition) is 0. The predicted octanol–water partition coefficient (Wildman–Crippen LogP) is 42.1. The van der Waals surface area contributed by atoms with Gasteiger partial charge < -0.3 is 0 Å². The van der Waals surface area contributed by atoms with Gasteiger partial charge in [-0.25, -0.2) is 0 Å². The van der Waals surface area contributed by atoms with E-state index in [1.807, 2.05) is 83.1 Å². The zero-order valence-corrected chi connectivity index (χ0v) is 88.2. The Bertz CT molecular complexity index is 2060. The second-order valence-corrected chi connectivity index (χ2v) is 44.2. The molecular weight excluding hydrogens is 1310 g/mol. The summed E-state index contributed by atoms with van der Waals surface area (Å²) >= 11 is 0. The van der Waals surface area contributed by atoms with Crippen molar-refractivity contribution in [3.05, 3.63) is 0 Å². The third-order valence-electron chi connectivity index (χ3n) is 12.3. The Balaban J connectivity index is -0.0000000768. The van der Waals surface area contributed by atoms with Crippen LogP contribution in [0.25, 0.3) is 0 Å². The normalized spacial score (nSPS) is 16.4. The molecule has 0 N–H and O–H groups in total. The Labute approximate surface area is 741 Å². The molecule has 0 spiro atoms. The van der Waals surface area contributed by atoms with E-state index in [-0.39, 0.29) is 48.9 Å². The van der Waals surface area contributed by atoms with Crippen molar-refractivity contribution in [3.8, 4) is 0 Å². The Morgan fingerprint density at radius 2 is 0.266 bits per heavy atom. The largest absolute Gasteiger partial charge is 0.0776 e. The van der Waals surface area contributed by atoms with Crippen molar-refractivity contribution in [2.75, 3.05) is 0 Å². The summed E-state index contributed by atoms with van der Waals surface area (Å²) in [7, 11) is 0. The van der Waals surface area contributed by atoms with E-state index in [2.05, 4.69) is 270 Å². The van der Waals surface area contributed by atoms with Crippen LogP contribution in [0.5, 0.6) is 0 Å². The summed E-state index contributed by atoms with van der Waals surface area (Å²) < 4.78 is 155. The standard InChI is InChI=1S/3C8H18.12C7H16.CH4/c3*1-7(2)6-8(3,4)5;12*1-6(2)5-7(3)4;/h3*7H,6H2,1-5H3;12*6-7H,5H2,1-4H3;1H4/i;;;2*1D3,5D2,6D;5D2,6D;3*5D2;;;;;;;. The summed E-state index contributed by atoms with van der Waals surface area (Å²) in [6.45, 7) is 122. The third-order valence-corrected chi connectivity index (χ3v) is 12.3. The van der Waals surface area contributed by atoms with Gasteiger partial charge in [0.1, 0.15) is 0 Å². The second-order valence-electron chi connectivity index (χ2n) is 44.2. The summed E-state index contributed by atoms with van der Waals surface area (Å²) in [5.41, 5.74) is 1.57. The topological polar surface area (TPSA) is 0 Å². The van der Waals surface area contributed by atoms with Crippen LogP contribution in [0, 0.1) is 176 Å². The molecule has 2 atom stereocenters. The molecule has 0 aromatic carbocycles. The zero-order chi connectivity index (χ0) is 109. The molecular formula is C109H250. The Morgan fingerprint density at radius 3 is 0.275 bits per heavy atom. The average molecular weight is 1580 g/mol. The smallest absolute Gasteiger partial charge is 0.0297 e. The molecule has 2 unspecified atom stereocenters. The molecule has 0 nitrogen and oxygen atoms in total. The van der Waals surface area contributed by atoms with Gasteiger partial charge in [0.25, 0.3) is 0 Å². The molecule has 0 fully saturated rings. The fraction of sp³-hybridized carbons (Fsp3) is 1.00. The quantitative estimate of drug-likeness (QED) is 0.0769. The first-order chi connectivity index (χ1) is 55.7. The lowest BCUT2D eigenvalue weighted by molar-refractivity contribution is 0.320. The number of rotatable bonds is 27. The van der Waals surface area contributed by atoms with Gasteiger partial charge in [-0.3, -0.25) is 0 Å². The van der Waals surface area contributed by atoms with Crippen molar-refractivity contribution < 1.29 is 28.8 Å². The van der Waals surface area contributed by atoms with Gasteiger partial charge in [-0.05, 0) is 272 Å². The van der Waals surface area contributed by atoms with E-state index in [9.17, 15) is 0 Å². The van der Waals surface area contributed by atoms with Crippen molar-refractivity contribution in [3.63, 3.8) is 0 Å². The highest BCUT2D eigenvalue weighted by atomic mass is 14.2. The lowest BCUT2D eigenvalue weighted by Gasteiger charge is -2.20. The molecule has 0 aromatic rings. The van der Waals surface area contributed by atoms with Crippen LogP contribution in [-0.4, -0.2) is 0 Å². The molecule has 109 heavy (non-hydrogen) atoms. The highest BCUT2D eigenvalue weighted by molar-refractivity contribution is 4.65. The van der Waals surface area contributed by atoms with Crippen molar-refractivity contribution >= 4 is 0 Å². The molecule has 0 amide bonds. The summed E-state index contributed by atoms with van der Waals surface area (Å²) in [5, 5.41) is 0. The molecule has 686 valence electrons. The van der Waals surface area contributed by atoms with Gasteiger partial charge in [0.2, 0.25) is 0 Å². The van der Waals surface area contributed by atoms with Crippen LogP contribution in [0.15, 0.2) is 0 Å². The van der Waals surface area contributed by atoms with Crippen LogP contribution < -0.4 is 0 Å². The minimum Gasteiger partial charge on any atom is -0.0776 e. The van der Waals surface area contributed by atoms with E-state index >= 15 is 0 Å². The van der Waals surface area contributed by atoms with E-state index in [0.29, 0.717) is 16.2 Å². The fourth-order valence-corrected chi connectivity index (χ4v) is 12.8. The number of hydrogen-bond acceptors (Lipinski definition) is 0. The maximum absolute atomic E-state index is 7.57. The Hall–Kier alpha value is 0. The summed E-state index contributed by atoms with van der Waals surface area (Å²) in [5.74, 6) is 7.56. The van der Waals surface area contributed by atoms with Gasteiger partial charge in [0, 0.05) is 28.8 Å². The Morgan fingerprint density at radius 1 is 0.165 bits per heavy atom. The highest BCUT2D eigenvalue weighted by Gasteiger charge is 2.13. The minimum absolute atomic E-state index is 0. The van der Waals surface area contributed by atoms with Gasteiger partial charge in [-0.2, -0.15) is 0 Å². The molecule has 0 aliphatic rings. The molecule has 0 aliphatic carbocycles. The first-order valence-corrected chi connectivity index (χ1v) is 45.2. The molecule has 0 bridgehead atoms. The lowest BCUT2D eigenvalue weighted by atomic mass is 9.86. The minimum atomic E-state index is -2.60. The van der Waals surface area contributed by atoms with Gasteiger partial charge >= 0.3 is 0 Å². The highest BCUT2D eigenvalue weighted by Crippen LogP contribution is 2.25. The van der Waals surface area contributed by atoms with Gasteiger partial charge in [0.05, 0.1) is 0 Å². The van der Waals surface area contributed by atoms with Crippen LogP contribution >= 0.6 is 0 Å². The van der Waals surface area contributed by atoms with Crippen LogP contribution in [0.3, 0.4) is 0 Å². The molecule has 0 saturated carbocycles. The van der Waals surface area contributed by atoms with Crippen molar-refractivity contribution in [1.29, 1.82) is 0 Å². The van der Waals surface area contributed by atoms with E-state index in [1.54, 1.807) is 55.4 Å². The van der Waals surface area contributed by atoms with Gasteiger partial charge in [-0.1, -0.05) is 443 Å². The summed E-state index contributed by atoms with van der Waals surface area (Å²) in [6.07, 6.45) is 3.72. The monoisotopic (exact) mass is 1580 g/mol. The van der Waals surface area contributed by atoms with E-state index in [4.69, 9.17) is 28.8 Å². The molecule has 0 rings (SSSR count). The van der Waals surface area contributed by atoms with Gasteiger partial charge in [0.15, 0.2) is 0 Å². The van der Waals surface area contributed by atoms with Crippen molar-refractivity contribution in [1.82, 2.24) is 0 Å². The van der Waals surface area contributed by atoms with Crippen LogP contribution in [0.1, 0.15) is 568 Å².